The number of rotatable bonds is 7. The van der Waals surface area contributed by atoms with Crippen molar-refractivity contribution in [2.45, 2.75) is 95.0 Å². The van der Waals surface area contributed by atoms with Gasteiger partial charge in [-0.25, -0.2) is 19.5 Å². The molecule has 17 heteroatoms. The Kier molecular flexibility index (Phi) is 11.3. The molecule has 6 rings (SSSR count). The molecular formula is C37H47N7O8S2. The van der Waals surface area contributed by atoms with Gasteiger partial charge in [0.05, 0.1) is 22.5 Å². The zero-order valence-electron chi connectivity index (χ0n) is 31.0. The zero-order valence-corrected chi connectivity index (χ0v) is 32.7. The Balaban J connectivity index is 1.35. The minimum atomic E-state index is -4.17. The van der Waals surface area contributed by atoms with E-state index in [0.29, 0.717) is 36.0 Å². The zero-order chi connectivity index (χ0) is 38.8. The van der Waals surface area contributed by atoms with Crippen molar-refractivity contribution in [1.82, 2.24) is 34.5 Å². The third-order valence-electron chi connectivity index (χ3n) is 9.61. The van der Waals surface area contributed by atoms with Crippen LogP contribution in [0.4, 0.5) is 4.79 Å². The van der Waals surface area contributed by atoms with Gasteiger partial charge in [0, 0.05) is 26.4 Å². The normalized spacial score (nSPS) is 25.8. The quantitative estimate of drug-likeness (QED) is 0.297. The highest BCUT2D eigenvalue weighted by Crippen LogP contribution is 2.46. The lowest BCUT2D eigenvalue weighted by Crippen LogP contribution is -2.58. The predicted molar refractivity (Wildman–Crippen MR) is 202 cm³/mol. The lowest BCUT2D eigenvalue weighted by molar-refractivity contribution is -0.141. The summed E-state index contributed by atoms with van der Waals surface area (Å²) >= 11 is 1.47. The van der Waals surface area contributed by atoms with Crippen molar-refractivity contribution in [3.8, 4) is 16.5 Å². The molecule has 5 atom stereocenters. The Labute approximate surface area is 319 Å². The molecule has 290 valence electrons. The third-order valence-corrected chi connectivity index (χ3v) is 11.9. The summed E-state index contributed by atoms with van der Waals surface area (Å²) in [4.78, 5) is 67.4. The third kappa shape index (κ3) is 8.84. The van der Waals surface area contributed by atoms with Crippen LogP contribution in [-0.4, -0.2) is 101 Å². The average molecular weight is 782 g/mol. The molecule has 15 nitrogen and oxygen atoms in total. The number of amides is 4. The molecule has 1 aromatic carbocycles. The van der Waals surface area contributed by atoms with Crippen LogP contribution >= 0.6 is 11.3 Å². The maximum atomic E-state index is 14.5. The summed E-state index contributed by atoms with van der Waals surface area (Å²) in [5, 5.41) is 7.50. The smallest absolute Gasteiger partial charge is 0.408 e. The molecule has 2 aliphatic heterocycles. The lowest BCUT2D eigenvalue weighted by atomic mass is 10.0. The van der Waals surface area contributed by atoms with E-state index in [2.05, 4.69) is 15.4 Å². The molecule has 4 amide bonds. The fraction of sp³-hybridized carbons (Fsp3) is 0.514. The van der Waals surface area contributed by atoms with E-state index in [9.17, 15) is 27.6 Å². The van der Waals surface area contributed by atoms with E-state index in [-0.39, 0.29) is 25.3 Å². The van der Waals surface area contributed by atoms with Crippen LogP contribution in [0.5, 0.6) is 5.88 Å². The Morgan fingerprint density at radius 3 is 2.48 bits per heavy atom. The summed E-state index contributed by atoms with van der Waals surface area (Å²) in [5.41, 5.74) is -0.589. The number of fused-ring (bicyclic) bond motifs is 3. The minimum Gasteiger partial charge on any atom is -0.471 e. The summed E-state index contributed by atoms with van der Waals surface area (Å²) < 4.78 is 40.4. The first kappa shape index (κ1) is 39.1. The predicted octanol–water partition coefficient (Wildman–Crippen LogP) is 3.92. The molecule has 3 N–H and O–H groups in total. The topological polar surface area (TPSA) is 189 Å². The molecule has 2 fully saturated rings. The van der Waals surface area contributed by atoms with Crippen molar-refractivity contribution in [3.05, 3.63) is 53.9 Å². The first-order chi connectivity index (χ1) is 25.6. The Hall–Kier alpha value is -4.61. The van der Waals surface area contributed by atoms with Gasteiger partial charge in [-0.2, -0.15) is 12.7 Å². The maximum absolute atomic E-state index is 14.5. The van der Waals surface area contributed by atoms with Gasteiger partial charge in [0.15, 0.2) is 0 Å². The summed E-state index contributed by atoms with van der Waals surface area (Å²) in [5.74, 6) is -2.27. The van der Waals surface area contributed by atoms with Crippen molar-refractivity contribution in [1.29, 1.82) is 0 Å². The first-order valence-corrected chi connectivity index (χ1v) is 20.4. The fourth-order valence-corrected chi connectivity index (χ4v) is 8.02. The van der Waals surface area contributed by atoms with Gasteiger partial charge < -0.3 is 25.0 Å². The molecular weight excluding hydrogens is 735 g/mol. The van der Waals surface area contributed by atoms with Crippen molar-refractivity contribution < 1.29 is 37.1 Å². The van der Waals surface area contributed by atoms with Crippen molar-refractivity contribution in [2.24, 2.45) is 5.92 Å². The lowest BCUT2D eigenvalue weighted by Gasteiger charge is -2.30. The van der Waals surface area contributed by atoms with Gasteiger partial charge >= 0.3 is 16.3 Å². The Morgan fingerprint density at radius 2 is 1.80 bits per heavy atom. The van der Waals surface area contributed by atoms with Gasteiger partial charge in [-0.15, -0.1) is 11.3 Å². The van der Waals surface area contributed by atoms with Crippen LogP contribution in [0.1, 0.15) is 65.7 Å². The van der Waals surface area contributed by atoms with Crippen LogP contribution in [0.25, 0.3) is 21.6 Å². The molecule has 0 spiro atoms. The van der Waals surface area contributed by atoms with Gasteiger partial charge in [-0.05, 0) is 70.0 Å². The standard InChI is InChI=1S/C37H47N7O8S2/c1-36(2,3)52-35(48)40-27-17-10-8-6-7-9-14-23-21-37(23,34(47)42-54(49,50)43(4)5)41-31(45)28-20-24(22-44(28)33(27)46)51-32-30(29-18-13-19-53-29)38-25-15-11-12-16-26(25)39-32/h9,11-16,18-19,23-24,27-28H,6-8,10,17,20-22H2,1-5H3,(H,40,48)(H,41,45)(H,42,47)/b14-9-/t23?,24-,27+,28+,37-/m1/s1. The number of nitrogens with zero attached hydrogens (tertiary/aromatic N) is 4. The highest BCUT2D eigenvalue weighted by molar-refractivity contribution is 7.87. The minimum absolute atomic E-state index is 0.0172. The highest BCUT2D eigenvalue weighted by atomic mass is 32.2. The molecule has 3 aliphatic rings. The number of para-hydroxylation sites is 2. The molecule has 1 unspecified atom stereocenters. The number of benzene rings is 1. The number of thiophene rings is 1. The van der Waals surface area contributed by atoms with Crippen LogP contribution in [-0.2, 0) is 29.3 Å². The molecule has 0 radical (unpaired) electrons. The number of carbonyl (C=O) groups is 4. The van der Waals surface area contributed by atoms with E-state index in [0.717, 1.165) is 22.0 Å². The summed E-state index contributed by atoms with van der Waals surface area (Å²) in [7, 11) is -1.59. The first-order valence-electron chi connectivity index (χ1n) is 18.1. The van der Waals surface area contributed by atoms with E-state index in [1.54, 1.807) is 20.8 Å². The van der Waals surface area contributed by atoms with E-state index >= 15 is 0 Å². The number of allylic oxidation sites excluding steroid dienone is 1. The van der Waals surface area contributed by atoms with Crippen molar-refractivity contribution in [2.75, 3.05) is 20.6 Å². The molecule has 3 aromatic rings. The van der Waals surface area contributed by atoms with E-state index < -0.39 is 69.3 Å². The van der Waals surface area contributed by atoms with E-state index in [1.165, 1.54) is 30.3 Å². The van der Waals surface area contributed by atoms with Crippen molar-refractivity contribution in [3.63, 3.8) is 0 Å². The SMILES string of the molecule is CN(C)S(=O)(=O)NC(=O)[C@@]12CC1/C=C\CCCCC[C@H](NC(=O)OC(C)(C)C)C(=O)N1C[C@H](Oc3nc4ccccc4nc3-c3cccs3)C[C@H]1C(=O)N2. The second-order valence-corrected chi connectivity index (χ2v) is 17.9. The highest BCUT2D eigenvalue weighted by Gasteiger charge is 2.61. The number of hydrogen-bond acceptors (Lipinski definition) is 11. The molecule has 1 aliphatic carbocycles. The van der Waals surface area contributed by atoms with Gasteiger partial charge in [0.1, 0.15) is 35.0 Å². The van der Waals surface area contributed by atoms with Crippen LogP contribution < -0.4 is 20.1 Å². The van der Waals surface area contributed by atoms with Gasteiger partial charge in [-0.3, -0.25) is 14.4 Å². The van der Waals surface area contributed by atoms with Crippen LogP contribution in [0, 0.1) is 5.92 Å². The van der Waals surface area contributed by atoms with Gasteiger partial charge in [-0.1, -0.05) is 43.2 Å². The van der Waals surface area contributed by atoms with Crippen LogP contribution in [0.15, 0.2) is 53.9 Å². The second kappa shape index (κ2) is 15.6. The number of ether oxygens (including phenoxy) is 2. The van der Waals surface area contributed by atoms with Crippen LogP contribution in [0.2, 0.25) is 0 Å². The molecule has 1 saturated carbocycles. The molecule has 2 aromatic heterocycles. The summed E-state index contributed by atoms with van der Waals surface area (Å²) in [6, 6.07) is 9.01. The summed E-state index contributed by atoms with van der Waals surface area (Å²) in [6.45, 7) is 5.13. The Morgan fingerprint density at radius 1 is 1.06 bits per heavy atom. The fourth-order valence-electron chi connectivity index (χ4n) is 6.71. The molecule has 4 heterocycles. The molecule has 0 bridgehead atoms. The van der Waals surface area contributed by atoms with Crippen molar-refractivity contribution >= 4 is 56.4 Å². The van der Waals surface area contributed by atoms with Gasteiger partial charge in [0.2, 0.25) is 17.7 Å². The van der Waals surface area contributed by atoms with Gasteiger partial charge in [0.25, 0.3) is 5.91 Å². The summed E-state index contributed by atoms with van der Waals surface area (Å²) in [6.07, 6.45) is 5.56. The number of alkyl carbamates (subject to hydrolysis) is 1. The largest absolute Gasteiger partial charge is 0.471 e. The van der Waals surface area contributed by atoms with E-state index in [4.69, 9.17) is 19.4 Å². The number of aromatic nitrogens is 2. The number of hydrogen-bond donors (Lipinski definition) is 3. The number of carbonyl (C=O) groups excluding carboxylic acids is 4. The number of nitrogens with one attached hydrogen (secondary N) is 3. The van der Waals surface area contributed by atoms with Crippen LogP contribution in [0.3, 0.4) is 0 Å². The maximum Gasteiger partial charge on any atom is 0.408 e. The molecule has 54 heavy (non-hydrogen) atoms. The molecule has 1 saturated heterocycles. The second-order valence-electron chi connectivity index (χ2n) is 15.1. The Bertz CT molecular complexity index is 2030. The average Bonchev–Trinajstić information content (AvgIpc) is 3.40. The van der Waals surface area contributed by atoms with E-state index in [1.807, 2.05) is 53.9 Å². The monoisotopic (exact) mass is 781 g/mol.